The normalized spacial score (nSPS) is 9.59. The zero-order valence-corrected chi connectivity index (χ0v) is 9.30. The highest BCUT2D eigenvalue weighted by Gasteiger charge is 1.97. The van der Waals surface area contributed by atoms with E-state index in [1.807, 2.05) is 24.3 Å². The highest BCUT2D eigenvalue weighted by Crippen LogP contribution is 2.04. The minimum Gasteiger partial charge on any atom is -0.370 e. The van der Waals surface area contributed by atoms with Crippen molar-refractivity contribution in [2.75, 3.05) is 11.9 Å². The van der Waals surface area contributed by atoms with Crippen LogP contribution in [0.5, 0.6) is 0 Å². The Morgan fingerprint density at radius 3 is 2.76 bits per heavy atom. The van der Waals surface area contributed by atoms with Crippen LogP contribution in [-0.4, -0.2) is 16.5 Å². The van der Waals surface area contributed by atoms with Crippen molar-refractivity contribution in [2.24, 2.45) is 0 Å². The SMILES string of the molecule is N#Cc1cc(NCCc2ccccc2)ncn1. The quantitative estimate of drug-likeness (QED) is 0.862. The fourth-order valence-corrected chi connectivity index (χ4v) is 1.49. The molecule has 0 radical (unpaired) electrons. The maximum atomic E-state index is 8.70. The Labute approximate surface area is 100.0 Å². The van der Waals surface area contributed by atoms with Gasteiger partial charge in [0, 0.05) is 12.6 Å². The van der Waals surface area contributed by atoms with Gasteiger partial charge in [-0.15, -0.1) is 0 Å². The van der Waals surface area contributed by atoms with Crippen LogP contribution in [0.1, 0.15) is 11.3 Å². The van der Waals surface area contributed by atoms with Gasteiger partial charge in [-0.05, 0) is 12.0 Å². The van der Waals surface area contributed by atoms with E-state index in [9.17, 15) is 0 Å². The largest absolute Gasteiger partial charge is 0.370 e. The first-order chi connectivity index (χ1) is 8.38. The monoisotopic (exact) mass is 224 g/mol. The second-order valence-corrected chi connectivity index (χ2v) is 3.56. The number of benzene rings is 1. The highest BCUT2D eigenvalue weighted by molar-refractivity contribution is 5.38. The number of nitriles is 1. The van der Waals surface area contributed by atoms with Gasteiger partial charge in [0.1, 0.15) is 23.9 Å². The minimum atomic E-state index is 0.377. The molecule has 4 heteroatoms. The summed E-state index contributed by atoms with van der Waals surface area (Å²) in [7, 11) is 0. The molecule has 2 aromatic rings. The molecule has 0 aliphatic rings. The van der Waals surface area contributed by atoms with E-state index in [2.05, 4.69) is 27.4 Å². The fraction of sp³-hybridized carbons (Fsp3) is 0.154. The fourth-order valence-electron chi connectivity index (χ4n) is 1.49. The predicted octanol–water partition coefficient (Wildman–Crippen LogP) is 2.00. The lowest BCUT2D eigenvalue weighted by Crippen LogP contribution is -2.06. The van der Waals surface area contributed by atoms with Crippen molar-refractivity contribution in [1.82, 2.24) is 9.97 Å². The second-order valence-electron chi connectivity index (χ2n) is 3.56. The molecule has 0 aliphatic heterocycles. The summed E-state index contributed by atoms with van der Waals surface area (Å²) in [6.45, 7) is 0.784. The molecular formula is C13H12N4. The van der Waals surface area contributed by atoms with E-state index < -0.39 is 0 Å². The molecule has 0 amide bonds. The molecule has 0 unspecified atom stereocenters. The molecule has 1 aromatic carbocycles. The summed E-state index contributed by atoms with van der Waals surface area (Å²) in [5.74, 6) is 0.687. The predicted molar refractivity (Wildman–Crippen MR) is 65.4 cm³/mol. The molecule has 1 aromatic heterocycles. The van der Waals surface area contributed by atoms with Gasteiger partial charge in [-0.25, -0.2) is 9.97 Å². The lowest BCUT2D eigenvalue weighted by Gasteiger charge is -2.05. The van der Waals surface area contributed by atoms with Crippen molar-refractivity contribution < 1.29 is 0 Å². The molecule has 4 nitrogen and oxygen atoms in total. The molecular weight excluding hydrogens is 212 g/mol. The molecule has 1 N–H and O–H groups in total. The molecule has 2 rings (SSSR count). The second kappa shape index (κ2) is 5.61. The van der Waals surface area contributed by atoms with E-state index in [1.54, 1.807) is 6.07 Å². The van der Waals surface area contributed by atoms with Crippen molar-refractivity contribution in [3.05, 3.63) is 54.0 Å². The first kappa shape index (κ1) is 11.1. The molecule has 17 heavy (non-hydrogen) atoms. The standard InChI is InChI=1S/C13H12N4/c14-9-12-8-13(17-10-16-12)15-7-6-11-4-2-1-3-5-11/h1-5,8,10H,6-7H2,(H,15,16,17). The van der Waals surface area contributed by atoms with Gasteiger partial charge < -0.3 is 5.32 Å². The van der Waals surface area contributed by atoms with Crippen LogP contribution in [0, 0.1) is 11.3 Å². The van der Waals surface area contributed by atoms with E-state index in [1.165, 1.54) is 11.9 Å². The molecule has 0 spiro atoms. The molecule has 84 valence electrons. The van der Waals surface area contributed by atoms with Gasteiger partial charge in [0.2, 0.25) is 0 Å². The average molecular weight is 224 g/mol. The summed E-state index contributed by atoms with van der Waals surface area (Å²) < 4.78 is 0. The van der Waals surface area contributed by atoms with Crippen molar-refractivity contribution in [1.29, 1.82) is 5.26 Å². The molecule has 0 aliphatic carbocycles. The average Bonchev–Trinajstić information content (AvgIpc) is 2.40. The van der Waals surface area contributed by atoms with Crippen molar-refractivity contribution >= 4 is 5.82 Å². The summed E-state index contributed by atoms with van der Waals surface area (Å²) in [6.07, 6.45) is 2.32. The third-order valence-electron chi connectivity index (χ3n) is 2.34. The van der Waals surface area contributed by atoms with Gasteiger partial charge in [-0.1, -0.05) is 30.3 Å². The third kappa shape index (κ3) is 3.28. The minimum absolute atomic E-state index is 0.377. The Hall–Kier alpha value is -2.41. The van der Waals surface area contributed by atoms with Gasteiger partial charge in [0.05, 0.1) is 0 Å². The Morgan fingerprint density at radius 2 is 2.00 bits per heavy atom. The molecule has 1 heterocycles. The highest BCUT2D eigenvalue weighted by atomic mass is 15.0. The topological polar surface area (TPSA) is 61.6 Å². The Bertz CT molecular complexity index is 516. The smallest absolute Gasteiger partial charge is 0.145 e. The van der Waals surface area contributed by atoms with Crippen molar-refractivity contribution in [3.8, 4) is 6.07 Å². The van der Waals surface area contributed by atoms with Gasteiger partial charge in [-0.3, -0.25) is 0 Å². The maximum Gasteiger partial charge on any atom is 0.145 e. The van der Waals surface area contributed by atoms with E-state index in [-0.39, 0.29) is 0 Å². The number of aromatic nitrogens is 2. The third-order valence-corrected chi connectivity index (χ3v) is 2.34. The summed E-state index contributed by atoms with van der Waals surface area (Å²) in [4.78, 5) is 7.86. The van der Waals surface area contributed by atoms with Crippen LogP contribution in [0.2, 0.25) is 0 Å². The summed E-state index contributed by atoms with van der Waals surface area (Å²) in [6, 6.07) is 13.8. The first-order valence-corrected chi connectivity index (χ1v) is 5.38. The van der Waals surface area contributed by atoms with Gasteiger partial charge in [0.25, 0.3) is 0 Å². The number of nitrogens with one attached hydrogen (secondary N) is 1. The Kier molecular flexibility index (Phi) is 3.66. The number of hydrogen-bond acceptors (Lipinski definition) is 4. The van der Waals surface area contributed by atoms with Crippen LogP contribution in [0.4, 0.5) is 5.82 Å². The summed E-state index contributed by atoms with van der Waals surface area (Å²) in [5, 5.41) is 11.9. The lowest BCUT2D eigenvalue weighted by atomic mass is 10.1. The van der Waals surface area contributed by atoms with Crippen molar-refractivity contribution in [3.63, 3.8) is 0 Å². The number of anilines is 1. The van der Waals surface area contributed by atoms with Crippen LogP contribution in [-0.2, 0) is 6.42 Å². The van der Waals surface area contributed by atoms with Crippen LogP contribution in [0.3, 0.4) is 0 Å². The zero-order valence-electron chi connectivity index (χ0n) is 9.30. The molecule has 0 saturated heterocycles. The van der Waals surface area contributed by atoms with Gasteiger partial charge in [0.15, 0.2) is 0 Å². The summed E-state index contributed by atoms with van der Waals surface area (Å²) in [5.41, 5.74) is 1.65. The molecule has 0 saturated carbocycles. The zero-order chi connectivity index (χ0) is 11.9. The number of rotatable bonds is 4. The van der Waals surface area contributed by atoms with E-state index >= 15 is 0 Å². The molecule has 0 bridgehead atoms. The van der Waals surface area contributed by atoms with E-state index in [4.69, 9.17) is 5.26 Å². The van der Waals surface area contributed by atoms with Gasteiger partial charge >= 0.3 is 0 Å². The summed E-state index contributed by atoms with van der Waals surface area (Å²) >= 11 is 0. The van der Waals surface area contributed by atoms with Crippen LogP contribution in [0.25, 0.3) is 0 Å². The van der Waals surface area contributed by atoms with Gasteiger partial charge in [-0.2, -0.15) is 5.26 Å². The van der Waals surface area contributed by atoms with Crippen LogP contribution in [0.15, 0.2) is 42.7 Å². The van der Waals surface area contributed by atoms with E-state index in [0.29, 0.717) is 11.5 Å². The van der Waals surface area contributed by atoms with Crippen LogP contribution < -0.4 is 5.32 Å². The maximum absolute atomic E-state index is 8.70. The number of hydrogen-bond donors (Lipinski definition) is 1. The van der Waals surface area contributed by atoms with E-state index in [0.717, 1.165) is 13.0 Å². The molecule has 0 atom stereocenters. The Morgan fingerprint density at radius 1 is 1.18 bits per heavy atom. The Balaban J connectivity index is 1.88. The first-order valence-electron chi connectivity index (χ1n) is 5.38. The number of nitrogens with zero attached hydrogens (tertiary/aromatic N) is 3. The lowest BCUT2D eigenvalue weighted by molar-refractivity contribution is 0.997. The van der Waals surface area contributed by atoms with Crippen molar-refractivity contribution in [2.45, 2.75) is 6.42 Å². The van der Waals surface area contributed by atoms with Crippen LogP contribution >= 0.6 is 0 Å². The molecule has 0 fully saturated rings.